The van der Waals surface area contributed by atoms with E-state index >= 15 is 0 Å². The van der Waals surface area contributed by atoms with E-state index < -0.39 is 22.5 Å². The zero-order valence-electron chi connectivity index (χ0n) is 8.85. The molecule has 1 N–H and O–H groups in total. The number of carbonyl (C=O) groups is 1. The molecule has 0 aromatic rings. The molecule has 0 aliphatic heterocycles. The lowest BCUT2D eigenvalue weighted by molar-refractivity contribution is -0.137. The van der Waals surface area contributed by atoms with Crippen molar-refractivity contribution in [1.82, 2.24) is 4.31 Å². The molecule has 0 atom stereocenters. The first-order valence-electron chi connectivity index (χ1n) is 5.10. The summed E-state index contributed by atoms with van der Waals surface area (Å²) < 4.78 is 24.0. The molecule has 1 rings (SSSR count). The monoisotopic (exact) mass is 235 g/mol. The van der Waals surface area contributed by atoms with Crippen LogP contribution in [-0.2, 0) is 14.8 Å². The highest BCUT2D eigenvalue weighted by atomic mass is 32.2. The fraction of sp³-hybridized carbons (Fsp3) is 0.889. The van der Waals surface area contributed by atoms with Crippen molar-refractivity contribution < 1.29 is 18.3 Å². The Hall–Kier alpha value is -0.620. The number of rotatable bonds is 4. The summed E-state index contributed by atoms with van der Waals surface area (Å²) in [7, 11) is -3.41. The zero-order valence-corrected chi connectivity index (χ0v) is 9.66. The van der Waals surface area contributed by atoms with Crippen LogP contribution in [0.5, 0.6) is 0 Å². The third kappa shape index (κ3) is 3.79. The molecule has 1 aliphatic carbocycles. The maximum atomic E-state index is 11.4. The van der Waals surface area contributed by atoms with Gasteiger partial charge in [-0.2, -0.15) is 4.31 Å². The second-order valence-electron chi connectivity index (χ2n) is 3.99. The first-order valence-corrected chi connectivity index (χ1v) is 6.94. The van der Waals surface area contributed by atoms with E-state index in [9.17, 15) is 13.2 Å². The Morgan fingerprint density at radius 1 is 1.33 bits per heavy atom. The highest BCUT2D eigenvalue weighted by molar-refractivity contribution is 7.88. The summed E-state index contributed by atoms with van der Waals surface area (Å²) in [5.74, 6) is -1.09. The highest BCUT2D eigenvalue weighted by Gasteiger charge is 2.29. The van der Waals surface area contributed by atoms with Crippen LogP contribution in [0.1, 0.15) is 32.1 Å². The Morgan fingerprint density at radius 2 is 1.87 bits per heavy atom. The molecular weight excluding hydrogens is 218 g/mol. The maximum Gasteiger partial charge on any atom is 0.318 e. The molecule has 15 heavy (non-hydrogen) atoms. The summed E-state index contributed by atoms with van der Waals surface area (Å²) in [6, 6.07) is -0.121. The number of carboxylic acid groups (broad SMARTS) is 1. The standard InChI is InChI=1S/C9H17NO4S/c1-15(13,14)10(7-9(11)12)8-5-3-2-4-6-8/h8H,2-7H2,1H3,(H,11,12). The second kappa shape index (κ2) is 4.94. The number of hydrogen-bond acceptors (Lipinski definition) is 3. The Balaban J connectivity index is 2.75. The van der Waals surface area contributed by atoms with Gasteiger partial charge < -0.3 is 5.11 Å². The quantitative estimate of drug-likeness (QED) is 0.777. The van der Waals surface area contributed by atoms with Crippen molar-refractivity contribution in [2.24, 2.45) is 0 Å². The number of aliphatic carboxylic acids is 1. The molecule has 0 heterocycles. The molecule has 0 aromatic carbocycles. The summed E-state index contributed by atoms with van der Waals surface area (Å²) in [5.41, 5.74) is 0. The van der Waals surface area contributed by atoms with Crippen LogP contribution in [0.3, 0.4) is 0 Å². The third-order valence-corrected chi connectivity index (χ3v) is 3.98. The highest BCUT2D eigenvalue weighted by Crippen LogP contribution is 2.24. The third-order valence-electron chi connectivity index (χ3n) is 2.70. The van der Waals surface area contributed by atoms with Gasteiger partial charge in [0.2, 0.25) is 10.0 Å². The topological polar surface area (TPSA) is 74.7 Å². The van der Waals surface area contributed by atoms with Crippen molar-refractivity contribution in [2.45, 2.75) is 38.1 Å². The fourth-order valence-corrected chi connectivity index (χ4v) is 3.12. The normalized spacial score (nSPS) is 19.3. The molecule has 0 spiro atoms. The number of hydrogen-bond donors (Lipinski definition) is 1. The molecule has 0 saturated heterocycles. The predicted octanol–water partition coefficient (Wildman–Crippen LogP) is 0.665. The second-order valence-corrected chi connectivity index (χ2v) is 5.93. The number of sulfonamides is 1. The van der Waals surface area contributed by atoms with Crippen LogP contribution in [0.4, 0.5) is 0 Å². The van der Waals surface area contributed by atoms with Gasteiger partial charge in [-0.3, -0.25) is 4.79 Å². The summed E-state index contributed by atoms with van der Waals surface area (Å²) in [6.45, 7) is -0.413. The van der Waals surface area contributed by atoms with Gasteiger partial charge in [0.15, 0.2) is 0 Å². The predicted molar refractivity (Wildman–Crippen MR) is 56.1 cm³/mol. The average molecular weight is 235 g/mol. The van der Waals surface area contributed by atoms with Gasteiger partial charge in [0.05, 0.1) is 6.26 Å². The lowest BCUT2D eigenvalue weighted by Gasteiger charge is -2.31. The van der Waals surface area contributed by atoms with E-state index in [1.165, 1.54) is 0 Å². The molecule has 1 aliphatic rings. The summed E-state index contributed by atoms with van der Waals surface area (Å²) >= 11 is 0. The van der Waals surface area contributed by atoms with E-state index in [1.54, 1.807) is 0 Å². The molecule has 0 unspecified atom stereocenters. The molecule has 6 heteroatoms. The lowest BCUT2D eigenvalue weighted by atomic mass is 9.95. The van der Waals surface area contributed by atoms with E-state index in [1.807, 2.05) is 0 Å². The van der Waals surface area contributed by atoms with E-state index in [0.717, 1.165) is 42.7 Å². The smallest absolute Gasteiger partial charge is 0.318 e. The SMILES string of the molecule is CS(=O)(=O)N(CC(=O)O)C1CCCCC1. The van der Waals surface area contributed by atoms with E-state index in [0.29, 0.717) is 0 Å². The molecule has 5 nitrogen and oxygen atoms in total. The van der Waals surface area contributed by atoms with Gasteiger partial charge in [0, 0.05) is 6.04 Å². The van der Waals surface area contributed by atoms with Gasteiger partial charge in [-0.15, -0.1) is 0 Å². The number of nitrogens with zero attached hydrogens (tertiary/aromatic N) is 1. The minimum atomic E-state index is -3.41. The van der Waals surface area contributed by atoms with Gasteiger partial charge in [0.1, 0.15) is 6.54 Å². The van der Waals surface area contributed by atoms with Crippen LogP contribution in [0.25, 0.3) is 0 Å². The van der Waals surface area contributed by atoms with Crippen molar-refractivity contribution in [3.05, 3.63) is 0 Å². The Bertz CT molecular complexity index is 319. The molecule has 1 fully saturated rings. The lowest BCUT2D eigenvalue weighted by Crippen LogP contribution is -2.43. The molecular formula is C9H17NO4S. The van der Waals surface area contributed by atoms with E-state index in [-0.39, 0.29) is 6.04 Å². The first kappa shape index (κ1) is 12.4. The fourth-order valence-electron chi connectivity index (χ4n) is 2.02. The van der Waals surface area contributed by atoms with Crippen LogP contribution in [0.15, 0.2) is 0 Å². The summed E-state index contributed by atoms with van der Waals surface area (Å²) in [6.07, 6.45) is 5.71. The molecule has 88 valence electrons. The summed E-state index contributed by atoms with van der Waals surface area (Å²) in [5, 5.41) is 8.67. The van der Waals surface area contributed by atoms with Crippen molar-refractivity contribution in [3.8, 4) is 0 Å². The van der Waals surface area contributed by atoms with Crippen LogP contribution in [-0.4, -0.2) is 42.6 Å². The maximum absolute atomic E-state index is 11.4. The minimum Gasteiger partial charge on any atom is -0.480 e. The van der Waals surface area contributed by atoms with Crippen LogP contribution in [0, 0.1) is 0 Å². The van der Waals surface area contributed by atoms with Gasteiger partial charge in [-0.1, -0.05) is 19.3 Å². The zero-order chi connectivity index (χ0) is 11.5. The Kier molecular flexibility index (Phi) is 4.10. The first-order chi connectivity index (χ1) is 6.91. The van der Waals surface area contributed by atoms with Gasteiger partial charge in [-0.05, 0) is 12.8 Å². The molecule has 1 saturated carbocycles. The molecule has 0 bridgehead atoms. The molecule has 0 aromatic heterocycles. The molecule has 0 amide bonds. The van der Waals surface area contributed by atoms with Crippen molar-refractivity contribution in [2.75, 3.05) is 12.8 Å². The van der Waals surface area contributed by atoms with Crippen molar-refractivity contribution >= 4 is 16.0 Å². The largest absolute Gasteiger partial charge is 0.480 e. The Morgan fingerprint density at radius 3 is 2.27 bits per heavy atom. The summed E-state index contributed by atoms with van der Waals surface area (Å²) in [4.78, 5) is 10.6. The Labute approximate surface area is 90.1 Å². The van der Waals surface area contributed by atoms with Crippen molar-refractivity contribution in [1.29, 1.82) is 0 Å². The average Bonchev–Trinajstić information content (AvgIpc) is 2.14. The van der Waals surface area contributed by atoms with Crippen LogP contribution in [0.2, 0.25) is 0 Å². The van der Waals surface area contributed by atoms with Gasteiger partial charge in [-0.25, -0.2) is 8.42 Å². The van der Waals surface area contributed by atoms with Crippen LogP contribution >= 0.6 is 0 Å². The van der Waals surface area contributed by atoms with E-state index in [2.05, 4.69) is 0 Å². The number of carboxylic acids is 1. The van der Waals surface area contributed by atoms with Gasteiger partial charge in [0.25, 0.3) is 0 Å². The van der Waals surface area contributed by atoms with Crippen molar-refractivity contribution in [3.63, 3.8) is 0 Å². The van der Waals surface area contributed by atoms with Gasteiger partial charge >= 0.3 is 5.97 Å². The van der Waals surface area contributed by atoms with E-state index in [4.69, 9.17) is 5.11 Å². The van der Waals surface area contributed by atoms with Crippen LogP contribution < -0.4 is 0 Å². The molecule has 0 radical (unpaired) electrons. The minimum absolute atomic E-state index is 0.121.